The highest BCUT2D eigenvalue weighted by atomic mass is 16.4. The molecule has 0 aromatic carbocycles. The van der Waals surface area contributed by atoms with E-state index in [0.29, 0.717) is 5.82 Å². The van der Waals surface area contributed by atoms with Crippen LogP contribution in [0.2, 0.25) is 0 Å². The van der Waals surface area contributed by atoms with Crippen LogP contribution in [0.15, 0.2) is 12.1 Å². The van der Waals surface area contributed by atoms with Crippen LogP contribution in [0.4, 0.5) is 5.82 Å². The Bertz CT molecular complexity index is 353. The predicted molar refractivity (Wildman–Crippen MR) is 63.2 cm³/mol. The van der Waals surface area contributed by atoms with Gasteiger partial charge in [-0.05, 0) is 31.4 Å². The van der Waals surface area contributed by atoms with E-state index in [1.807, 2.05) is 11.9 Å². The summed E-state index contributed by atoms with van der Waals surface area (Å²) in [5.74, 6) is -0.423. The molecule has 0 aliphatic carbocycles. The van der Waals surface area contributed by atoms with Crippen LogP contribution in [0.3, 0.4) is 0 Å². The zero-order valence-electron chi connectivity index (χ0n) is 9.83. The highest BCUT2D eigenvalue weighted by Crippen LogP contribution is 2.09. The second kappa shape index (κ2) is 6.80. The van der Waals surface area contributed by atoms with Gasteiger partial charge in [-0.25, -0.2) is 4.79 Å². The molecule has 1 aromatic rings. The number of aliphatic hydroxyl groups is 1. The molecule has 1 heterocycles. The van der Waals surface area contributed by atoms with Crippen LogP contribution < -0.4 is 4.90 Å². The number of nitrogens with zero attached hydrogens (tertiary/aromatic N) is 3. The third-order valence-electron chi connectivity index (χ3n) is 2.41. The first-order chi connectivity index (χ1) is 8.15. The zero-order chi connectivity index (χ0) is 12.7. The van der Waals surface area contributed by atoms with Crippen LogP contribution in [-0.4, -0.2) is 46.6 Å². The molecule has 0 amide bonds. The molecule has 0 aliphatic rings. The molecule has 0 bridgehead atoms. The van der Waals surface area contributed by atoms with Crippen LogP contribution >= 0.6 is 0 Å². The van der Waals surface area contributed by atoms with E-state index in [4.69, 9.17) is 10.2 Å². The van der Waals surface area contributed by atoms with Crippen molar-refractivity contribution in [3.05, 3.63) is 17.8 Å². The molecular weight excluding hydrogens is 222 g/mol. The Morgan fingerprint density at radius 1 is 1.29 bits per heavy atom. The Labute approximate surface area is 99.9 Å². The largest absolute Gasteiger partial charge is 0.476 e. The van der Waals surface area contributed by atoms with Crippen LogP contribution in [0.1, 0.15) is 29.8 Å². The van der Waals surface area contributed by atoms with Crippen molar-refractivity contribution in [3.63, 3.8) is 0 Å². The smallest absolute Gasteiger partial charge is 0.356 e. The summed E-state index contributed by atoms with van der Waals surface area (Å²) in [5.41, 5.74) is -0.0533. The van der Waals surface area contributed by atoms with Crippen molar-refractivity contribution in [1.82, 2.24) is 10.2 Å². The minimum Gasteiger partial charge on any atom is -0.476 e. The molecule has 0 saturated carbocycles. The lowest BCUT2D eigenvalue weighted by atomic mass is 10.2. The maximum Gasteiger partial charge on any atom is 0.356 e. The second-order valence-corrected chi connectivity index (χ2v) is 3.79. The number of rotatable bonds is 7. The lowest BCUT2D eigenvalue weighted by Crippen LogP contribution is -2.20. The molecule has 0 unspecified atom stereocenters. The summed E-state index contributed by atoms with van der Waals surface area (Å²) >= 11 is 0. The number of anilines is 1. The van der Waals surface area contributed by atoms with Gasteiger partial charge in [0.05, 0.1) is 0 Å². The second-order valence-electron chi connectivity index (χ2n) is 3.79. The van der Waals surface area contributed by atoms with E-state index in [1.165, 1.54) is 6.07 Å². The molecule has 1 aromatic heterocycles. The van der Waals surface area contributed by atoms with Crippen LogP contribution in [-0.2, 0) is 0 Å². The molecule has 6 heteroatoms. The van der Waals surface area contributed by atoms with Crippen molar-refractivity contribution < 1.29 is 15.0 Å². The van der Waals surface area contributed by atoms with Crippen molar-refractivity contribution in [1.29, 1.82) is 0 Å². The maximum absolute atomic E-state index is 10.6. The van der Waals surface area contributed by atoms with Crippen LogP contribution in [0.5, 0.6) is 0 Å². The fourth-order valence-corrected chi connectivity index (χ4v) is 1.39. The molecule has 0 aliphatic heterocycles. The van der Waals surface area contributed by atoms with E-state index in [9.17, 15) is 4.79 Å². The number of carbonyl (C=O) groups is 1. The molecule has 0 radical (unpaired) electrons. The van der Waals surface area contributed by atoms with E-state index < -0.39 is 5.97 Å². The first-order valence-electron chi connectivity index (χ1n) is 5.54. The van der Waals surface area contributed by atoms with Gasteiger partial charge in [-0.2, -0.15) is 0 Å². The predicted octanol–water partition coefficient (Wildman–Crippen LogP) is 0.774. The van der Waals surface area contributed by atoms with Crippen molar-refractivity contribution in [3.8, 4) is 0 Å². The average molecular weight is 239 g/mol. The van der Waals surface area contributed by atoms with Gasteiger partial charge in [0.1, 0.15) is 0 Å². The van der Waals surface area contributed by atoms with Crippen molar-refractivity contribution >= 4 is 11.8 Å². The van der Waals surface area contributed by atoms with Gasteiger partial charge in [0.2, 0.25) is 0 Å². The maximum atomic E-state index is 10.6. The number of carboxylic acids is 1. The lowest BCUT2D eigenvalue weighted by molar-refractivity contribution is 0.0689. The zero-order valence-corrected chi connectivity index (χ0v) is 9.83. The van der Waals surface area contributed by atoms with Crippen molar-refractivity contribution in [2.75, 3.05) is 25.1 Å². The first-order valence-corrected chi connectivity index (χ1v) is 5.54. The Balaban J connectivity index is 2.46. The minimum absolute atomic E-state index is 0.0533. The SMILES string of the molecule is CN(CCCCCO)c1ccc(C(=O)O)nn1. The summed E-state index contributed by atoms with van der Waals surface area (Å²) in [6.45, 7) is 1.03. The Morgan fingerprint density at radius 3 is 2.59 bits per heavy atom. The molecule has 0 atom stereocenters. The van der Waals surface area contributed by atoms with E-state index in [-0.39, 0.29) is 12.3 Å². The van der Waals surface area contributed by atoms with Gasteiger partial charge in [0.15, 0.2) is 11.5 Å². The van der Waals surface area contributed by atoms with Crippen molar-refractivity contribution in [2.45, 2.75) is 19.3 Å². The fourth-order valence-electron chi connectivity index (χ4n) is 1.39. The van der Waals surface area contributed by atoms with Gasteiger partial charge in [0, 0.05) is 20.2 Å². The lowest BCUT2D eigenvalue weighted by Gasteiger charge is -2.16. The molecular formula is C11H17N3O3. The normalized spacial score (nSPS) is 10.2. The third-order valence-corrected chi connectivity index (χ3v) is 2.41. The summed E-state index contributed by atoms with van der Waals surface area (Å²) in [4.78, 5) is 12.5. The van der Waals surface area contributed by atoms with E-state index in [1.54, 1.807) is 6.07 Å². The fraction of sp³-hybridized carbons (Fsp3) is 0.545. The van der Waals surface area contributed by atoms with E-state index >= 15 is 0 Å². The highest BCUT2D eigenvalue weighted by molar-refractivity contribution is 5.85. The van der Waals surface area contributed by atoms with Gasteiger partial charge in [0.25, 0.3) is 0 Å². The number of aromatic carboxylic acids is 1. The van der Waals surface area contributed by atoms with Gasteiger partial charge >= 0.3 is 5.97 Å². The Hall–Kier alpha value is -1.69. The van der Waals surface area contributed by atoms with Gasteiger partial charge in [-0.15, -0.1) is 10.2 Å². The van der Waals surface area contributed by atoms with Gasteiger partial charge < -0.3 is 15.1 Å². The van der Waals surface area contributed by atoms with E-state index in [2.05, 4.69) is 10.2 Å². The number of aromatic nitrogens is 2. The van der Waals surface area contributed by atoms with E-state index in [0.717, 1.165) is 25.8 Å². The molecule has 0 saturated heterocycles. The first kappa shape index (κ1) is 13.4. The number of hydrogen-bond donors (Lipinski definition) is 2. The number of aliphatic hydroxyl groups excluding tert-OH is 1. The number of hydrogen-bond acceptors (Lipinski definition) is 5. The number of carboxylic acid groups (broad SMARTS) is 1. The Kier molecular flexibility index (Phi) is 5.35. The summed E-state index contributed by atoms with van der Waals surface area (Å²) in [6.07, 6.45) is 2.72. The molecule has 0 fully saturated rings. The summed E-state index contributed by atoms with van der Waals surface area (Å²) in [6, 6.07) is 3.08. The minimum atomic E-state index is -1.07. The molecule has 6 nitrogen and oxygen atoms in total. The van der Waals surface area contributed by atoms with Crippen LogP contribution in [0.25, 0.3) is 0 Å². The summed E-state index contributed by atoms with van der Waals surface area (Å²) in [5, 5.41) is 24.8. The quantitative estimate of drug-likeness (QED) is 0.683. The highest BCUT2D eigenvalue weighted by Gasteiger charge is 2.07. The summed E-state index contributed by atoms with van der Waals surface area (Å²) < 4.78 is 0. The Morgan fingerprint density at radius 2 is 2.06 bits per heavy atom. The standard InChI is InChI=1S/C11H17N3O3/c1-14(7-3-2-4-8-15)10-6-5-9(11(16)17)12-13-10/h5-6,15H,2-4,7-8H2,1H3,(H,16,17). The van der Waals surface area contributed by atoms with Gasteiger partial charge in [-0.3, -0.25) is 0 Å². The molecule has 1 rings (SSSR count). The van der Waals surface area contributed by atoms with Crippen LogP contribution in [0, 0.1) is 0 Å². The molecule has 2 N–H and O–H groups in total. The monoisotopic (exact) mass is 239 g/mol. The number of unbranched alkanes of at least 4 members (excludes halogenated alkanes) is 2. The third kappa shape index (κ3) is 4.36. The molecule has 17 heavy (non-hydrogen) atoms. The topological polar surface area (TPSA) is 86.5 Å². The summed E-state index contributed by atoms with van der Waals surface area (Å²) in [7, 11) is 1.88. The van der Waals surface area contributed by atoms with Gasteiger partial charge in [-0.1, -0.05) is 0 Å². The molecule has 94 valence electrons. The van der Waals surface area contributed by atoms with Crippen molar-refractivity contribution in [2.24, 2.45) is 0 Å². The average Bonchev–Trinajstić information content (AvgIpc) is 2.34. The molecule has 0 spiro atoms.